The second-order valence-corrected chi connectivity index (χ2v) is 4.14. The van der Waals surface area contributed by atoms with Crippen molar-refractivity contribution in [1.29, 1.82) is 0 Å². The van der Waals surface area contributed by atoms with E-state index in [2.05, 4.69) is 0 Å². The number of hydrogen-bond acceptors (Lipinski definition) is 5. The van der Waals surface area contributed by atoms with E-state index in [-0.39, 0.29) is 22.7 Å². The molecule has 5 N–H and O–H groups in total. The number of aromatic hydroxyl groups is 2. The van der Waals surface area contributed by atoms with Crippen LogP contribution in [-0.2, 0) is 4.79 Å². The van der Waals surface area contributed by atoms with Crippen LogP contribution >= 0.6 is 0 Å². The SMILES string of the molecule is Nc1cc(-c2ccc(O)c(O)c2)ccc1C(=O)C(=O)O. The molecular formula is C14H11NO5. The number of carboxylic acid groups (broad SMARTS) is 1. The molecule has 0 bridgehead atoms. The Kier molecular flexibility index (Phi) is 3.30. The van der Waals surface area contributed by atoms with Crippen molar-refractivity contribution in [2.24, 2.45) is 0 Å². The van der Waals surface area contributed by atoms with E-state index in [0.29, 0.717) is 11.1 Å². The van der Waals surface area contributed by atoms with Crippen LogP contribution in [0.3, 0.4) is 0 Å². The lowest BCUT2D eigenvalue weighted by Gasteiger charge is -2.07. The molecule has 2 rings (SSSR count). The summed E-state index contributed by atoms with van der Waals surface area (Å²) in [4.78, 5) is 22.0. The molecule has 102 valence electrons. The molecule has 0 saturated carbocycles. The highest BCUT2D eigenvalue weighted by Crippen LogP contribution is 2.31. The number of benzene rings is 2. The van der Waals surface area contributed by atoms with Crippen LogP contribution in [0.15, 0.2) is 36.4 Å². The number of phenols is 2. The van der Waals surface area contributed by atoms with Crippen LogP contribution in [0.1, 0.15) is 10.4 Å². The number of hydrogen-bond donors (Lipinski definition) is 4. The van der Waals surface area contributed by atoms with E-state index >= 15 is 0 Å². The zero-order chi connectivity index (χ0) is 14.9. The van der Waals surface area contributed by atoms with E-state index in [1.807, 2.05) is 0 Å². The molecule has 0 aliphatic rings. The molecule has 6 nitrogen and oxygen atoms in total. The van der Waals surface area contributed by atoms with Crippen LogP contribution in [0.4, 0.5) is 5.69 Å². The first-order chi connectivity index (χ1) is 9.40. The summed E-state index contributed by atoms with van der Waals surface area (Å²) in [5.74, 6) is -3.19. The summed E-state index contributed by atoms with van der Waals surface area (Å²) >= 11 is 0. The topological polar surface area (TPSA) is 121 Å². The van der Waals surface area contributed by atoms with Crippen LogP contribution in [0, 0.1) is 0 Å². The van der Waals surface area contributed by atoms with Crippen molar-refractivity contribution in [2.75, 3.05) is 5.73 Å². The number of nitrogen functional groups attached to an aromatic ring is 1. The quantitative estimate of drug-likeness (QED) is 0.292. The van der Waals surface area contributed by atoms with Gasteiger partial charge in [0.05, 0.1) is 5.56 Å². The maximum Gasteiger partial charge on any atom is 0.377 e. The molecular weight excluding hydrogens is 262 g/mol. The maximum absolute atomic E-state index is 11.4. The normalized spacial score (nSPS) is 10.2. The van der Waals surface area contributed by atoms with Gasteiger partial charge in [-0.05, 0) is 35.4 Å². The second kappa shape index (κ2) is 4.93. The summed E-state index contributed by atoms with van der Waals surface area (Å²) in [6, 6.07) is 8.47. The van der Waals surface area contributed by atoms with Crippen LogP contribution in [0.2, 0.25) is 0 Å². The lowest BCUT2D eigenvalue weighted by molar-refractivity contribution is -0.131. The molecule has 2 aromatic rings. The number of phenolic OH excluding ortho intramolecular Hbond substituents is 2. The molecule has 0 spiro atoms. The number of nitrogens with two attached hydrogens (primary N) is 1. The molecule has 0 aromatic heterocycles. The van der Waals surface area contributed by atoms with E-state index in [4.69, 9.17) is 10.8 Å². The van der Waals surface area contributed by atoms with Gasteiger partial charge in [0.15, 0.2) is 11.5 Å². The average Bonchev–Trinajstić information content (AvgIpc) is 2.41. The highest BCUT2D eigenvalue weighted by atomic mass is 16.4. The van der Waals surface area contributed by atoms with Gasteiger partial charge in [-0.2, -0.15) is 0 Å². The van der Waals surface area contributed by atoms with Crippen molar-refractivity contribution in [3.63, 3.8) is 0 Å². The van der Waals surface area contributed by atoms with Crippen molar-refractivity contribution < 1.29 is 24.9 Å². The number of rotatable bonds is 3. The minimum atomic E-state index is -1.58. The molecule has 0 aliphatic heterocycles. The molecule has 0 heterocycles. The molecule has 0 atom stereocenters. The van der Waals surface area contributed by atoms with Crippen LogP contribution < -0.4 is 5.73 Å². The first-order valence-electron chi connectivity index (χ1n) is 5.59. The predicted molar refractivity (Wildman–Crippen MR) is 71.6 cm³/mol. The fraction of sp³-hybridized carbons (Fsp3) is 0. The number of carbonyl (C=O) groups is 2. The van der Waals surface area contributed by atoms with Gasteiger partial charge < -0.3 is 21.1 Å². The molecule has 0 saturated heterocycles. The van der Waals surface area contributed by atoms with E-state index < -0.39 is 11.8 Å². The Balaban J connectivity index is 2.45. The predicted octanol–water partition coefficient (Wildman–Crippen LogP) is 1.61. The number of Topliss-reactive ketones (excluding diaryl/α,β-unsaturated/α-hetero) is 1. The Morgan fingerprint density at radius 1 is 0.900 bits per heavy atom. The summed E-state index contributed by atoms with van der Waals surface area (Å²) < 4.78 is 0. The van der Waals surface area contributed by atoms with Gasteiger partial charge in [-0.25, -0.2) is 4.79 Å². The van der Waals surface area contributed by atoms with Gasteiger partial charge in [0.2, 0.25) is 0 Å². The van der Waals surface area contributed by atoms with Crippen LogP contribution in [0.25, 0.3) is 11.1 Å². The molecule has 0 fully saturated rings. The smallest absolute Gasteiger partial charge is 0.377 e. The number of ketones is 1. The molecule has 0 amide bonds. The average molecular weight is 273 g/mol. The van der Waals surface area contributed by atoms with E-state index in [9.17, 15) is 19.8 Å². The Labute approximate surface area is 113 Å². The summed E-state index contributed by atoms with van der Waals surface area (Å²) in [5.41, 5.74) is 6.76. The van der Waals surface area contributed by atoms with Crippen molar-refractivity contribution >= 4 is 17.4 Å². The molecule has 0 radical (unpaired) electrons. The monoisotopic (exact) mass is 273 g/mol. The van der Waals surface area contributed by atoms with Crippen LogP contribution in [0.5, 0.6) is 11.5 Å². The molecule has 0 aliphatic carbocycles. The Morgan fingerprint density at radius 2 is 1.50 bits per heavy atom. The third-order valence-corrected chi connectivity index (χ3v) is 2.80. The largest absolute Gasteiger partial charge is 0.504 e. The number of anilines is 1. The van der Waals surface area contributed by atoms with Crippen molar-refractivity contribution in [2.45, 2.75) is 0 Å². The molecule has 20 heavy (non-hydrogen) atoms. The minimum Gasteiger partial charge on any atom is -0.504 e. The number of carbonyl (C=O) groups excluding carboxylic acids is 1. The Bertz CT molecular complexity index is 709. The maximum atomic E-state index is 11.4. The van der Waals surface area contributed by atoms with Gasteiger partial charge in [-0.3, -0.25) is 4.79 Å². The third-order valence-electron chi connectivity index (χ3n) is 2.80. The summed E-state index contributed by atoms with van der Waals surface area (Å²) in [6.45, 7) is 0. The fourth-order valence-corrected chi connectivity index (χ4v) is 1.77. The van der Waals surface area contributed by atoms with Crippen molar-refractivity contribution in [3.8, 4) is 22.6 Å². The minimum absolute atomic E-state index is 0.0301. The summed E-state index contributed by atoms with van der Waals surface area (Å²) in [6.07, 6.45) is 0. The molecule has 2 aromatic carbocycles. The van der Waals surface area contributed by atoms with E-state index in [1.165, 1.54) is 30.3 Å². The van der Waals surface area contributed by atoms with Crippen molar-refractivity contribution in [3.05, 3.63) is 42.0 Å². The van der Waals surface area contributed by atoms with Gasteiger partial charge in [0.1, 0.15) is 0 Å². The second-order valence-electron chi connectivity index (χ2n) is 4.14. The highest BCUT2D eigenvalue weighted by Gasteiger charge is 2.17. The lowest BCUT2D eigenvalue weighted by atomic mass is 10.0. The number of carboxylic acids is 1. The van der Waals surface area contributed by atoms with Gasteiger partial charge in [-0.15, -0.1) is 0 Å². The van der Waals surface area contributed by atoms with E-state index in [1.54, 1.807) is 6.07 Å². The van der Waals surface area contributed by atoms with Gasteiger partial charge in [0, 0.05) is 5.69 Å². The lowest BCUT2D eigenvalue weighted by Crippen LogP contribution is -2.14. The summed E-state index contributed by atoms with van der Waals surface area (Å²) in [5, 5.41) is 27.3. The standard InChI is InChI=1S/C14H11NO5/c15-10-5-7(1-3-9(10)13(18)14(19)20)8-2-4-11(16)12(17)6-8/h1-6,16-17H,15H2,(H,19,20). The number of aliphatic carboxylic acids is 1. The third kappa shape index (κ3) is 2.39. The molecule has 6 heteroatoms. The van der Waals surface area contributed by atoms with Crippen molar-refractivity contribution in [1.82, 2.24) is 0 Å². The zero-order valence-corrected chi connectivity index (χ0v) is 10.2. The van der Waals surface area contributed by atoms with E-state index in [0.717, 1.165) is 0 Å². The highest BCUT2D eigenvalue weighted by molar-refractivity contribution is 6.41. The Hall–Kier alpha value is -3.02. The first kappa shape index (κ1) is 13.4. The fourth-order valence-electron chi connectivity index (χ4n) is 1.77. The molecule has 0 unspecified atom stereocenters. The van der Waals surface area contributed by atoms with Gasteiger partial charge in [0.25, 0.3) is 5.78 Å². The van der Waals surface area contributed by atoms with Gasteiger partial charge >= 0.3 is 5.97 Å². The van der Waals surface area contributed by atoms with Gasteiger partial charge in [-0.1, -0.05) is 12.1 Å². The first-order valence-corrected chi connectivity index (χ1v) is 5.59. The van der Waals surface area contributed by atoms with Crippen LogP contribution in [-0.4, -0.2) is 27.1 Å². The Morgan fingerprint density at radius 3 is 2.05 bits per heavy atom. The zero-order valence-electron chi connectivity index (χ0n) is 10.2. The summed E-state index contributed by atoms with van der Waals surface area (Å²) in [7, 11) is 0.